The number of hydrogen-bond acceptors (Lipinski definition) is 6. The quantitative estimate of drug-likeness (QED) is 0.834. The maximum absolute atomic E-state index is 12.9. The Morgan fingerprint density at radius 1 is 1.24 bits per heavy atom. The molecular formula is C22H28N4O3. The van der Waals surface area contributed by atoms with Crippen molar-refractivity contribution in [3.05, 3.63) is 47.0 Å². The lowest BCUT2D eigenvalue weighted by atomic mass is 9.96. The van der Waals surface area contributed by atoms with Gasteiger partial charge >= 0.3 is 0 Å². The van der Waals surface area contributed by atoms with E-state index >= 15 is 0 Å². The Bertz CT molecular complexity index is 880. The molecule has 4 rings (SSSR count). The molecule has 0 spiro atoms. The molecule has 2 aliphatic heterocycles. The molecule has 1 fully saturated rings. The largest absolute Gasteiger partial charge is 0.497 e. The molecule has 0 aliphatic carbocycles. The Labute approximate surface area is 171 Å². The summed E-state index contributed by atoms with van der Waals surface area (Å²) < 4.78 is 10.7. The molecule has 1 aromatic carbocycles. The van der Waals surface area contributed by atoms with Crippen LogP contribution < -0.4 is 14.8 Å². The second kappa shape index (κ2) is 8.78. The monoisotopic (exact) mass is 396 g/mol. The highest BCUT2D eigenvalue weighted by Crippen LogP contribution is 2.27. The van der Waals surface area contributed by atoms with Gasteiger partial charge in [-0.3, -0.25) is 4.79 Å². The van der Waals surface area contributed by atoms with Crippen molar-refractivity contribution in [1.82, 2.24) is 20.2 Å². The summed E-state index contributed by atoms with van der Waals surface area (Å²) in [7, 11) is 3.23. The summed E-state index contributed by atoms with van der Waals surface area (Å²) in [4.78, 5) is 24.3. The Kier molecular flexibility index (Phi) is 5.94. The van der Waals surface area contributed by atoms with Gasteiger partial charge in [0.1, 0.15) is 17.3 Å². The zero-order chi connectivity index (χ0) is 20.2. The predicted octanol–water partition coefficient (Wildman–Crippen LogP) is 2.09. The number of ether oxygens (including phenoxy) is 2. The normalized spacial score (nSPS) is 17.0. The number of rotatable bonds is 5. The van der Waals surface area contributed by atoms with E-state index in [1.54, 1.807) is 14.2 Å². The first-order valence-corrected chi connectivity index (χ1v) is 10.2. The first kappa shape index (κ1) is 19.6. The van der Waals surface area contributed by atoms with Crippen molar-refractivity contribution in [1.29, 1.82) is 0 Å². The lowest BCUT2D eigenvalue weighted by Gasteiger charge is -2.29. The molecule has 0 saturated carbocycles. The van der Waals surface area contributed by atoms with Crippen LogP contribution >= 0.6 is 0 Å². The maximum Gasteiger partial charge on any atom is 0.227 e. The third kappa shape index (κ3) is 4.34. The van der Waals surface area contributed by atoms with Gasteiger partial charge in [0.25, 0.3) is 0 Å². The van der Waals surface area contributed by atoms with Crippen molar-refractivity contribution in [3.63, 3.8) is 0 Å². The van der Waals surface area contributed by atoms with Gasteiger partial charge < -0.3 is 19.7 Å². The molecule has 0 radical (unpaired) electrons. The average molecular weight is 396 g/mol. The Balaban J connectivity index is 1.45. The molecule has 1 amide bonds. The highest BCUT2D eigenvalue weighted by molar-refractivity contribution is 5.80. The lowest BCUT2D eigenvalue weighted by molar-refractivity contribution is -0.131. The number of hydrogen-bond donors (Lipinski definition) is 1. The van der Waals surface area contributed by atoms with E-state index in [0.29, 0.717) is 24.8 Å². The number of piperidine rings is 1. The van der Waals surface area contributed by atoms with Gasteiger partial charge in [0.15, 0.2) is 0 Å². The topological polar surface area (TPSA) is 76.6 Å². The smallest absolute Gasteiger partial charge is 0.227 e. The molecule has 0 unspecified atom stereocenters. The zero-order valence-electron chi connectivity index (χ0n) is 17.1. The van der Waals surface area contributed by atoms with Crippen molar-refractivity contribution in [2.24, 2.45) is 0 Å². The number of nitrogens with one attached hydrogen (secondary N) is 1. The van der Waals surface area contributed by atoms with Gasteiger partial charge in [-0.05, 0) is 44.1 Å². The van der Waals surface area contributed by atoms with Crippen LogP contribution in [-0.4, -0.2) is 54.6 Å². The average Bonchev–Trinajstić information content (AvgIpc) is 2.78. The van der Waals surface area contributed by atoms with Crippen LogP contribution in [0.3, 0.4) is 0 Å². The van der Waals surface area contributed by atoms with Crippen LogP contribution in [-0.2, 0) is 24.2 Å². The first-order chi connectivity index (χ1) is 14.2. The van der Waals surface area contributed by atoms with Crippen LogP contribution in [0.25, 0.3) is 0 Å². The van der Waals surface area contributed by atoms with E-state index in [1.807, 2.05) is 29.3 Å². The van der Waals surface area contributed by atoms with Crippen LogP contribution in [0.1, 0.15) is 41.4 Å². The van der Waals surface area contributed by atoms with Gasteiger partial charge in [0.05, 0.1) is 26.3 Å². The van der Waals surface area contributed by atoms with E-state index in [4.69, 9.17) is 14.5 Å². The minimum Gasteiger partial charge on any atom is -0.497 e. The maximum atomic E-state index is 12.9. The minimum absolute atomic E-state index is 0.0737. The summed E-state index contributed by atoms with van der Waals surface area (Å²) in [5.41, 5.74) is 2.98. The van der Waals surface area contributed by atoms with Crippen molar-refractivity contribution in [2.45, 2.75) is 38.1 Å². The van der Waals surface area contributed by atoms with Crippen LogP contribution in [0.5, 0.6) is 11.5 Å². The van der Waals surface area contributed by atoms with Crippen LogP contribution in [0.4, 0.5) is 0 Å². The number of fused-ring (bicyclic) bond motifs is 1. The Morgan fingerprint density at radius 2 is 2.07 bits per heavy atom. The van der Waals surface area contributed by atoms with E-state index in [0.717, 1.165) is 60.7 Å². The number of methoxy groups -OCH3 is 2. The fraction of sp³-hybridized carbons (Fsp3) is 0.500. The van der Waals surface area contributed by atoms with Gasteiger partial charge in [-0.15, -0.1) is 0 Å². The number of aromatic nitrogens is 2. The molecule has 1 N–H and O–H groups in total. The number of amides is 1. The van der Waals surface area contributed by atoms with Crippen LogP contribution in [0.2, 0.25) is 0 Å². The first-order valence-electron chi connectivity index (χ1n) is 10.2. The lowest BCUT2D eigenvalue weighted by Crippen LogP contribution is -2.37. The molecule has 7 nitrogen and oxygen atoms in total. The van der Waals surface area contributed by atoms with E-state index in [9.17, 15) is 4.79 Å². The zero-order valence-corrected chi connectivity index (χ0v) is 17.1. The molecule has 154 valence electrons. The molecule has 29 heavy (non-hydrogen) atoms. The standard InChI is InChI=1S/C22H28N4O3/c1-28-18-3-4-20(29-2)16(11-18)12-21(27)26-10-7-19-17(14-26)13-24-22(25-19)15-5-8-23-9-6-15/h3-4,11,13,15,23H,5-10,12,14H2,1-2H3. The third-order valence-corrected chi connectivity index (χ3v) is 5.84. The summed E-state index contributed by atoms with van der Waals surface area (Å²) in [5.74, 6) is 2.90. The molecule has 0 bridgehead atoms. The molecule has 1 saturated heterocycles. The van der Waals surface area contributed by atoms with Gasteiger partial charge in [0, 0.05) is 42.8 Å². The molecule has 7 heteroatoms. The number of benzene rings is 1. The van der Waals surface area contributed by atoms with Crippen molar-refractivity contribution in [2.75, 3.05) is 33.9 Å². The summed E-state index contributed by atoms with van der Waals surface area (Å²) in [6.45, 7) is 3.30. The second-order valence-corrected chi connectivity index (χ2v) is 7.64. The summed E-state index contributed by atoms with van der Waals surface area (Å²) >= 11 is 0. The molecule has 1 aromatic heterocycles. The van der Waals surface area contributed by atoms with Gasteiger partial charge in [0.2, 0.25) is 5.91 Å². The van der Waals surface area contributed by atoms with Crippen molar-refractivity contribution < 1.29 is 14.3 Å². The highest BCUT2D eigenvalue weighted by Gasteiger charge is 2.25. The van der Waals surface area contributed by atoms with Gasteiger partial charge in [-0.2, -0.15) is 0 Å². The third-order valence-electron chi connectivity index (χ3n) is 5.84. The highest BCUT2D eigenvalue weighted by atomic mass is 16.5. The van der Waals surface area contributed by atoms with E-state index in [-0.39, 0.29) is 12.3 Å². The van der Waals surface area contributed by atoms with E-state index < -0.39 is 0 Å². The summed E-state index contributed by atoms with van der Waals surface area (Å²) in [6.07, 6.45) is 5.16. The predicted molar refractivity (Wildman–Crippen MR) is 109 cm³/mol. The Hall–Kier alpha value is -2.67. The van der Waals surface area contributed by atoms with Crippen LogP contribution in [0.15, 0.2) is 24.4 Å². The molecule has 2 aromatic rings. The Morgan fingerprint density at radius 3 is 2.83 bits per heavy atom. The number of carbonyl (C=O) groups excluding carboxylic acids is 1. The fourth-order valence-corrected chi connectivity index (χ4v) is 4.12. The number of nitrogens with zero attached hydrogens (tertiary/aromatic N) is 3. The fourth-order valence-electron chi connectivity index (χ4n) is 4.12. The van der Waals surface area contributed by atoms with Crippen molar-refractivity contribution in [3.8, 4) is 11.5 Å². The molecule has 2 aliphatic rings. The molecule has 0 atom stereocenters. The van der Waals surface area contributed by atoms with Gasteiger partial charge in [-0.1, -0.05) is 0 Å². The van der Waals surface area contributed by atoms with Crippen molar-refractivity contribution >= 4 is 5.91 Å². The summed E-state index contributed by atoms with van der Waals surface area (Å²) in [5, 5.41) is 3.38. The molecular weight excluding hydrogens is 368 g/mol. The second-order valence-electron chi connectivity index (χ2n) is 7.64. The number of carbonyl (C=O) groups is 1. The van der Waals surface area contributed by atoms with E-state index in [1.165, 1.54) is 0 Å². The molecule has 3 heterocycles. The minimum atomic E-state index is 0.0737. The van der Waals surface area contributed by atoms with Crippen LogP contribution in [0, 0.1) is 0 Å². The van der Waals surface area contributed by atoms with Gasteiger partial charge in [-0.25, -0.2) is 9.97 Å². The summed E-state index contributed by atoms with van der Waals surface area (Å²) in [6, 6.07) is 5.54. The van der Waals surface area contributed by atoms with E-state index in [2.05, 4.69) is 10.3 Å². The SMILES string of the molecule is COc1ccc(OC)c(CC(=O)N2CCc3nc(C4CCNCC4)ncc3C2)c1.